The Morgan fingerprint density at radius 1 is 1.29 bits per heavy atom. The van der Waals surface area contributed by atoms with Crippen LogP contribution >= 0.6 is 0 Å². The van der Waals surface area contributed by atoms with Gasteiger partial charge in [-0.1, -0.05) is 43.2 Å². The summed E-state index contributed by atoms with van der Waals surface area (Å²) in [6, 6.07) is 9.98. The van der Waals surface area contributed by atoms with Crippen LogP contribution in [0.15, 0.2) is 36.5 Å². The van der Waals surface area contributed by atoms with Gasteiger partial charge in [0.25, 0.3) is 0 Å². The molecular formula is C19H25N3O2. The molecule has 2 N–H and O–H groups in total. The van der Waals surface area contributed by atoms with Gasteiger partial charge in [-0.3, -0.25) is 9.48 Å². The monoisotopic (exact) mass is 327 g/mol. The molecule has 2 aromatic rings. The van der Waals surface area contributed by atoms with Crippen molar-refractivity contribution in [3.63, 3.8) is 0 Å². The number of carbonyl (C=O) groups excluding carboxylic acids is 1. The van der Waals surface area contributed by atoms with E-state index in [0.29, 0.717) is 13.0 Å². The second-order valence-corrected chi connectivity index (χ2v) is 6.64. The smallest absolute Gasteiger partial charge is 0.220 e. The molecule has 3 rings (SSSR count). The molecule has 1 saturated carbocycles. The summed E-state index contributed by atoms with van der Waals surface area (Å²) in [5.74, 6) is 0.102. The van der Waals surface area contributed by atoms with Gasteiger partial charge in [-0.2, -0.15) is 5.10 Å². The van der Waals surface area contributed by atoms with Gasteiger partial charge in [-0.05, 0) is 18.8 Å². The molecule has 1 aromatic carbocycles. The highest BCUT2D eigenvalue weighted by Gasteiger charge is 2.25. The predicted octanol–water partition coefficient (Wildman–Crippen LogP) is 2.64. The Morgan fingerprint density at radius 2 is 2.04 bits per heavy atom. The first kappa shape index (κ1) is 16.7. The number of nitrogens with zero attached hydrogens (tertiary/aromatic N) is 2. The maximum Gasteiger partial charge on any atom is 0.220 e. The van der Waals surface area contributed by atoms with Gasteiger partial charge >= 0.3 is 0 Å². The summed E-state index contributed by atoms with van der Waals surface area (Å²) < 4.78 is 1.77. The lowest BCUT2D eigenvalue weighted by atomic mass is 9.84. The molecule has 0 saturated heterocycles. The number of aliphatic hydroxyl groups excluding tert-OH is 1. The normalized spacial score (nSPS) is 20.8. The molecule has 1 fully saturated rings. The topological polar surface area (TPSA) is 67.2 Å². The van der Waals surface area contributed by atoms with Crippen molar-refractivity contribution in [2.45, 2.75) is 44.8 Å². The summed E-state index contributed by atoms with van der Waals surface area (Å²) in [5.41, 5.74) is 2.95. The van der Waals surface area contributed by atoms with Crippen LogP contribution in [-0.4, -0.2) is 26.9 Å². The van der Waals surface area contributed by atoms with E-state index in [1.54, 1.807) is 4.68 Å². The Balaban J connectivity index is 1.61. The highest BCUT2D eigenvalue weighted by atomic mass is 16.3. The van der Waals surface area contributed by atoms with Crippen LogP contribution in [-0.2, 0) is 18.4 Å². The molecule has 1 amide bonds. The van der Waals surface area contributed by atoms with Gasteiger partial charge in [-0.25, -0.2) is 0 Å². The van der Waals surface area contributed by atoms with Crippen LogP contribution in [0.5, 0.6) is 0 Å². The van der Waals surface area contributed by atoms with Gasteiger partial charge in [0, 0.05) is 37.3 Å². The maximum atomic E-state index is 12.2. The number of aryl methyl sites for hydroxylation is 1. The van der Waals surface area contributed by atoms with Crippen molar-refractivity contribution in [2.24, 2.45) is 13.0 Å². The minimum absolute atomic E-state index is 0.00353. The SMILES string of the molecule is Cn1cc(CNC(=O)C[C@H]2CCCC[C@@H]2O)c(-c2ccccc2)n1. The molecule has 0 spiro atoms. The molecular weight excluding hydrogens is 302 g/mol. The summed E-state index contributed by atoms with van der Waals surface area (Å²) in [5, 5.41) is 17.5. The van der Waals surface area contributed by atoms with Crippen LogP contribution in [0.2, 0.25) is 0 Å². The average Bonchev–Trinajstić information content (AvgIpc) is 2.97. The van der Waals surface area contributed by atoms with E-state index in [9.17, 15) is 9.90 Å². The van der Waals surface area contributed by atoms with Gasteiger partial charge in [0.05, 0.1) is 11.8 Å². The number of hydrogen-bond acceptors (Lipinski definition) is 3. The molecule has 0 aliphatic heterocycles. The summed E-state index contributed by atoms with van der Waals surface area (Å²) >= 11 is 0. The summed E-state index contributed by atoms with van der Waals surface area (Å²) in [6.07, 6.45) is 5.95. The number of carbonyl (C=O) groups is 1. The quantitative estimate of drug-likeness (QED) is 0.887. The Morgan fingerprint density at radius 3 is 2.79 bits per heavy atom. The number of aliphatic hydroxyl groups is 1. The van der Waals surface area contributed by atoms with E-state index in [-0.39, 0.29) is 17.9 Å². The van der Waals surface area contributed by atoms with E-state index in [4.69, 9.17) is 0 Å². The van der Waals surface area contributed by atoms with Gasteiger partial charge in [0.2, 0.25) is 5.91 Å². The molecule has 5 heteroatoms. The molecule has 1 aromatic heterocycles. The van der Waals surface area contributed by atoms with Crippen molar-refractivity contribution in [2.75, 3.05) is 0 Å². The molecule has 1 aliphatic rings. The number of nitrogens with one attached hydrogen (secondary N) is 1. The molecule has 0 bridgehead atoms. The minimum Gasteiger partial charge on any atom is -0.393 e. The fourth-order valence-electron chi connectivity index (χ4n) is 3.44. The van der Waals surface area contributed by atoms with Crippen LogP contribution in [0.25, 0.3) is 11.3 Å². The Bertz CT molecular complexity index is 681. The first-order valence-corrected chi connectivity index (χ1v) is 8.66. The van der Waals surface area contributed by atoms with Crippen molar-refractivity contribution in [3.05, 3.63) is 42.1 Å². The van der Waals surface area contributed by atoms with Crippen LogP contribution in [0, 0.1) is 5.92 Å². The van der Waals surface area contributed by atoms with E-state index in [0.717, 1.165) is 42.5 Å². The number of hydrogen-bond donors (Lipinski definition) is 2. The third-order valence-electron chi connectivity index (χ3n) is 4.74. The molecule has 24 heavy (non-hydrogen) atoms. The minimum atomic E-state index is -0.331. The van der Waals surface area contributed by atoms with Crippen LogP contribution in [0.4, 0.5) is 0 Å². The molecule has 1 aliphatic carbocycles. The molecule has 128 valence electrons. The number of rotatable bonds is 5. The lowest BCUT2D eigenvalue weighted by Crippen LogP contribution is -2.31. The molecule has 0 unspecified atom stereocenters. The van der Waals surface area contributed by atoms with E-state index >= 15 is 0 Å². The zero-order valence-corrected chi connectivity index (χ0v) is 14.1. The number of amides is 1. The lowest BCUT2D eigenvalue weighted by Gasteiger charge is -2.26. The third kappa shape index (κ3) is 4.03. The zero-order valence-electron chi connectivity index (χ0n) is 14.1. The highest BCUT2D eigenvalue weighted by Crippen LogP contribution is 2.27. The summed E-state index contributed by atoms with van der Waals surface area (Å²) in [7, 11) is 1.89. The van der Waals surface area contributed by atoms with Crippen LogP contribution in [0.1, 0.15) is 37.7 Å². The zero-order chi connectivity index (χ0) is 16.9. The molecule has 2 atom stereocenters. The predicted molar refractivity (Wildman–Crippen MR) is 93.1 cm³/mol. The van der Waals surface area contributed by atoms with Crippen molar-refractivity contribution in [1.29, 1.82) is 0 Å². The summed E-state index contributed by atoms with van der Waals surface area (Å²) in [4.78, 5) is 12.2. The number of aromatic nitrogens is 2. The van der Waals surface area contributed by atoms with Gasteiger partial charge < -0.3 is 10.4 Å². The Kier molecular flexibility index (Phi) is 5.30. The lowest BCUT2D eigenvalue weighted by molar-refractivity contribution is -0.123. The fraction of sp³-hybridized carbons (Fsp3) is 0.474. The Hall–Kier alpha value is -2.14. The van der Waals surface area contributed by atoms with E-state index in [1.165, 1.54) is 0 Å². The Labute approximate surface area is 142 Å². The third-order valence-corrected chi connectivity index (χ3v) is 4.74. The first-order chi connectivity index (χ1) is 11.6. The average molecular weight is 327 g/mol. The van der Waals surface area contributed by atoms with Crippen molar-refractivity contribution in [1.82, 2.24) is 15.1 Å². The van der Waals surface area contributed by atoms with E-state index in [1.807, 2.05) is 43.6 Å². The second kappa shape index (κ2) is 7.62. The van der Waals surface area contributed by atoms with Gasteiger partial charge in [0.15, 0.2) is 0 Å². The van der Waals surface area contributed by atoms with E-state index < -0.39 is 0 Å². The molecule has 1 heterocycles. The highest BCUT2D eigenvalue weighted by molar-refractivity contribution is 5.76. The fourth-order valence-corrected chi connectivity index (χ4v) is 3.44. The van der Waals surface area contributed by atoms with Crippen LogP contribution in [0.3, 0.4) is 0 Å². The standard InChI is InChI=1S/C19H25N3O2/c1-22-13-16(19(21-22)14-7-3-2-4-8-14)12-20-18(24)11-15-9-5-6-10-17(15)23/h2-4,7-8,13,15,17,23H,5-6,9-12H2,1H3,(H,20,24)/t15-,17+/m1/s1. The molecule has 0 radical (unpaired) electrons. The number of benzene rings is 1. The summed E-state index contributed by atoms with van der Waals surface area (Å²) in [6.45, 7) is 0.458. The van der Waals surface area contributed by atoms with E-state index in [2.05, 4.69) is 10.4 Å². The second-order valence-electron chi connectivity index (χ2n) is 6.64. The largest absolute Gasteiger partial charge is 0.393 e. The maximum absolute atomic E-state index is 12.2. The first-order valence-electron chi connectivity index (χ1n) is 8.66. The van der Waals surface area contributed by atoms with Crippen molar-refractivity contribution >= 4 is 5.91 Å². The van der Waals surface area contributed by atoms with Crippen LogP contribution < -0.4 is 5.32 Å². The van der Waals surface area contributed by atoms with Crippen molar-refractivity contribution < 1.29 is 9.90 Å². The van der Waals surface area contributed by atoms with Gasteiger partial charge in [-0.15, -0.1) is 0 Å². The van der Waals surface area contributed by atoms with Crippen molar-refractivity contribution in [3.8, 4) is 11.3 Å². The van der Waals surface area contributed by atoms with Gasteiger partial charge in [0.1, 0.15) is 0 Å². The molecule has 5 nitrogen and oxygen atoms in total.